The summed E-state index contributed by atoms with van der Waals surface area (Å²) in [6.07, 6.45) is 2.70. The lowest BCUT2D eigenvalue weighted by molar-refractivity contribution is 0.223. The van der Waals surface area contributed by atoms with Crippen LogP contribution in [0.3, 0.4) is 0 Å². The summed E-state index contributed by atoms with van der Waals surface area (Å²) in [4.78, 5) is 2.34. The van der Waals surface area contributed by atoms with E-state index in [1.165, 1.54) is 0 Å². The molecule has 0 aliphatic rings. The SMILES string of the molecule is CCN(CCCOc1ccc(N)cc1)Cc1ccco1. The molecule has 0 radical (unpaired) electrons. The molecule has 20 heavy (non-hydrogen) atoms. The molecule has 0 atom stereocenters. The fourth-order valence-corrected chi connectivity index (χ4v) is 2.01. The molecule has 0 bridgehead atoms. The average Bonchev–Trinajstić information content (AvgIpc) is 2.97. The summed E-state index contributed by atoms with van der Waals surface area (Å²) in [5, 5.41) is 0. The van der Waals surface area contributed by atoms with Gasteiger partial charge in [0.1, 0.15) is 11.5 Å². The van der Waals surface area contributed by atoms with Crippen molar-refractivity contribution in [1.82, 2.24) is 4.90 Å². The molecule has 4 heteroatoms. The van der Waals surface area contributed by atoms with Gasteiger partial charge in [-0.05, 0) is 49.4 Å². The molecule has 0 aliphatic carbocycles. The molecule has 2 rings (SSSR count). The van der Waals surface area contributed by atoms with Gasteiger partial charge in [0, 0.05) is 12.2 Å². The Balaban J connectivity index is 1.67. The zero-order valence-electron chi connectivity index (χ0n) is 11.9. The molecule has 4 nitrogen and oxygen atoms in total. The van der Waals surface area contributed by atoms with Crippen LogP contribution in [0.2, 0.25) is 0 Å². The number of nitrogens with two attached hydrogens (primary N) is 1. The Hall–Kier alpha value is -1.94. The van der Waals surface area contributed by atoms with Crippen molar-refractivity contribution in [2.45, 2.75) is 19.9 Å². The van der Waals surface area contributed by atoms with E-state index < -0.39 is 0 Å². The Morgan fingerprint density at radius 3 is 2.65 bits per heavy atom. The van der Waals surface area contributed by atoms with E-state index in [1.807, 2.05) is 36.4 Å². The van der Waals surface area contributed by atoms with Crippen LogP contribution in [0.4, 0.5) is 5.69 Å². The number of ether oxygens (including phenoxy) is 1. The van der Waals surface area contributed by atoms with Crippen LogP contribution < -0.4 is 10.5 Å². The average molecular weight is 274 g/mol. The Morgan fingerprint density at radius 2 is 2.00 bits per heavy atom. The van der Waals surface area contributed by atoms with E-state index in [9.17, 15) is 0 Å². The van der Waals surface area contributed by atoms with E-state index in [0.29, 0.717) is 6.61 Å². The number of furan rings is 1. The van der Waals surface area contributed by atoms with Crippen LogP contribution in [0, 0.1) is 0 Å². The lowest BCUT2D eigenvalue weighted by atomic mass is 10.3. The molecule has 0 amide bonds. The molecule has 1 aromatic carbocycles. The third-order valence-corrected chi connectivity index (χ3v) is 3.17. The molecular weight excluding hydrogens is 252 g/mol. The first-order chi connectivity index (χ1) is 9.78. The summed E-state index contributed by atoms with van der Waals surface area (Å²) in [5.41, 5.74) is 6.39. The van der Waals surface area contributed by atoms with E-state index in [4.69, 9.17) is 14.9 Å². The molecule has 1 aromatic heterocycles. The maximum Gasteiger partial charge on any atom is 0.119 e. The highest BCUT2D eigenvalue weighted by atomic mass is 16.5. The fraction of sp³-hybridized carbons (Fsp3) is 0.375. The predicted octanol–water partition coefficient (Wildman–Crippen LogP) is 3.15. The molecule has 0 aliphatic heterocycles. The summed E-state index contributed by atoms with van der Waals surface area (Å²) in [6.45, 7) is 5.71. The normalized spacial score (nSPS) is 10.9. The highest BCUT2D eigenvalue weighted by Gasteiger charge is 2.05. The Bertz CT molecular complexity index is 480. The van der Waals surface area contributed by atoms with Gasteiger partial charge in [-0.3, -0.25) is 4.90 Å². The summed E-state index contributed by atoms with van der Waals surface area (Å²) in [7, 11) is 0. The maximum atomic E-state index is 5.69. The Labute approximate surface area is 120 Å². The van der Waals surface area contributed by atoms with Crippen molar-refractivity contribution in [3.8, 4) is 5.75 Å². The van der Waals surface area contributed by atoms with Crippen molar-refractivity contribution < 1.29 is 9.15 Å². The second kappa shape index (κ2) is 7.60. The van der Waals surface area contributed by atoms with Crippen LogP contribution in [-0.4, -0.2) is 24.6 Å². The van der Waals surface area contributed by atoms with Crippen molar-refractivity contribution in [2.24, 2.45) is 0 Å². The molecule has 108 valence electrons. The van der Waals surface area contributed by atoms with Gasteiger partial charge in [0.25, 0.3) is 0 Å². The van der Waals surface area contributed by atoms with Crippen molar-refractivity contribution in [2.75, 3.05) is 25.4 Å². The summed E-state index contributed by atoms with van der Waals surface area (Å²) in [6, 6.07) is 11.4. The minimum absolute atomic E-state index is 0.707. The molecule has 2 aromatic rings. The Kier molecular flexibility index (Phi) is 5.50. The standard InChI is InChI=1S/C16H22N2O2/c1-2-18(13-16-5-3-11-20-16)10-4-12-19-15-8-6-14(17)7-9-15/h3,5-9,11H,2,4,10,12-13,17H2,1H3. The molecule has 0 saturated heterocycles. The first-order valence-electron chi connectivity index (χ1n) is 7.01. The van der Waals surface area contributed by atoms with E-state index in [-0.39, 0.29) is 0 Å². The maximum absolute atomic E-state index is 5.69. The van der Waals surface area contributed by atoms with E-state index in [2.05, 4.69) is 11.8 Å². The smallest absolute Gasteiger partial charge is 0.119 e. The third kappa shape index (κ3) is 4.63. The van der Waals surface area contributed by atoms with Gasteiger partial charge in [-0.15, -0.1) is 0 Å². The van der Waals surface area contributed by atoms with Gasteiger partial charge in [0.05, 0.1) is 19.4 Å². The summed E-state index contributed by atoms with van der Waals surface area (Å²) >= 11 is 0. The van der Waals surface area contributed by atoms with E-state index >= 15 is 0 Å². The van der Waals surface area contributed by atoms with Crippen molar-refractivity contribution in [3.63, 3.8) is 0 Å². The number of benzene rings is 1. The van der Waals surface area contributed by atoms with Crippen LogP contribution in [0.5, 0.6) is 5.75 Å². The molecule has 1 heterocycles. The first-order valence-corrected chi connectivity index (χ1v) is 7.01. The predicted molar refractivity (Wildman–Crippen MR) is 80.6 cm³/mol. The lowest BCUT2D eigenvalue weighted by Gasteiger charge is -2.19. The fourth-order valence-electron chi connectivity index (χ4n) is 2.01. The lowest BCUT2D eigenvalue weighted by Crippen LogP contribution is -2.25. The van der Waals surface area contributed by atoms with Crippen LogP contribution in [0.25, 0.3) is 0 Å². The number of anilines is 1. The molecule has 0 spiro atoms. The number of rotatable bonds is 8. The molecule has 0 fully saturated rings. The number of nitrogen functional groups attached to an aromatic ring is 1. The zero-order valence-corrected chi connectivity index (χ0v) is 11.9. The van der Waals surface area contributed by atoms with Crippen molar-refractivity contribution in [3.05, 3.63) is 48.4 Å². The summed E-state index contributed by atoms with van der Waals surface area (Å²) < 4.78 is 11.1. The van der Waals surface area contributed by atoms with Crippen LogP contribution in [0.15, 0.2) is 47.1 Å². The summed E-state index contributed by atoms with van der Waals surface area (Å²) in [5.74, 6) is 1.87. The quantitative estimate of drug-likeness (QED) is 0.593. The van der Waals surface area contributed by atoms with Gasteiger partial charge in [-0.2, -0.15) is 0 Å². The molecule has 0 saturated carbocycles. The van der Waals surface area contributed by atoms with E-state index in [1.54, 1.807) is 6.26 Å². The van der Waals surface area contributed by atoms with Gasteiger partial charge >= 0.3 is 0 Å². The van der Waals surface area contributed by atoms with Crippen molar-refractivity contribution >= 4 is 5.69 Å². The van der Waals surface area contributed by atoms with Crippen molar-refractivity contribution in [1.29, 1.82) is 0 Å². The molecular formula is C16H22N2O2. The minimum atomic E-state index is 0.707. The van der Waals surface area contributed by atoms with Gasteiger partial charge in [-0.25, -0.2) is 0 Å². The number of nitrogens with zero attached hydrogens (tertiary/aromatic N) is 1. The van der Waals surface area contributed by atoms with Gasteiger partial charge in [-0.1, -0.05) is 6.92 Å². The first kappa shape index (κ1) is 14.5. The zero-order chi connectivity index (χ0) is 14.2. The topological polar surface area (TPSA) is 51.6 Å². The number of hydrogen-bond donors (Lipinski definition) is 1. The van der Waals surface area contributed by atoms with Gasteiger partial charge in [0.2, 0.25) is 0 Å². The monoisotopic (exact) mass is 274 g/mol. The number of hydrogen-bond acceptors (Lipinski definition) is 4. The highest BCUT2D eigenvalue weighted by molar-refractivity contribution is 5.41. The largest absolute Gasteiger partial charge is 0.494 e. The third-order valence-electron chi connectivity index (χ3n) is 3.17. The molecule has 2 N–H and O–H groups in total. The minimum Gasteiger partial charge on any atom is -0.494 e. The second-order valence-electron chi connectivity index (χ2n) is 4.72. The van der Waals surface area contributed by atoms with Crippen LogP contribution in [-0.2, 0) is 6.54 Å². The van der Waals surface area contributed by atoms with Crippen LogP contribution >= 0.6 is 0 Å². The second-order valence-corrected chi connectivity index (χ2v) is 4.72. The van der Waals surface area contributed by atoms with Gasteiger partial charge in [0.15, 0.2) is 0 Å². The highest BCUT2D eigenvalue weighted by Crippen LogP contribution is 2.13. The van der Waals surface area contributed by atoms with E-state index in [0.717, 1.165) is 43.3 Å². The Morgan fingerprint density at radius 1 is 1.20 bits per heavy atom. The molecule has 0 unspecified atom stereocenters. The van der Waals surface area contributed by atoms with Gasteiger partial charge < -0.3 is 14.9 Å². The van der Waals surface area contributed by atoms with Crippen LogP contribution in [0.1, 0.15) is 19.1 Å².